The maximum Gasteiger partial charge on any atom is 0.223 e. The summed E-state index contributed by atoms with van der Waals surface area (Å²) in [7, 11) is 0. The van der Waals surface area contributed by atoms with E-state index in [1.54, 1.807) is 23.3 Å². The first-order valence-electron chi connectivity index (χ1n) is 8.53. The SMILES string of the molecule is Clc1cccc(Cl)c1/N=C1\NCCN1OCCCOCc1ccccc1. The van der Waals surface area contributed by atoms with Gasteiger partial charge in [0.2, 0.25) is 5.96 Å². The average molecular weight is 394 g/mol. The summed E-state index contributed by atoms with van der Waals surface area (Å²) in [6.45, 7) is 3.27. The fourth-order valence-corrected chi connectivity index (χ4v) is 2.97. The van der Waals surface area contributed by atoms with Gasteiger partial charge in [-0.15, -0.1) is 0 Å². The predicted molar refractivity (Wildman–Crippen MR) is 105 cm³/mol. The highest BCUT2D eigenvalue weighted by atomic mass is 35.5. The summed E-state index contributed by atoms with van der Waals surface area (Å²) < 4.78 is 5.66. The van der Waals surface area contributed by atoms with Crippen molar-refractivity contribution < 1.29 is 9.57 Å². The fourth-order valence-electron chi connectivity index (χ4n) is 2.49. The summed E-state index contributed by atoms with van der Waals surface area (Å²) in [5.74, 6) is 0.616. The summed E-state index contributed by atoms with van der Waals surface area (Å²) >= 11 is 12.3. The molecule has 26 heavy (non-hydrogen) atoms. The molecule has 1 aliphatic rings. The highest BCUT2D eigenvalue weighted by Crippen LogP contribution is 2.33. The van der Waals surface area contributed by atoms with Crippen LogP contribution < -0.4 is 5.32 Å². The highest BCUT2D eigenvalue weighted by Gasteiger charge is 2.20. The maximum absolute atomic E-state index is 6.17. The van der Waals surface area contributed by atoms with E-state index >= 15 is 0 Å². The van der Waals surface area contributed by atoms with Crippen molar-refractivity contribution in [1.82, 2.24) is 10.4 Å². The predicted octanol–water partition coefficient (Wildman–Crippen LogP) is 4.42. The van der Waals surface area contributed by atoms with Gasteiger partial charge in [-0.1, -0.05) is 59.6 Å². The van der Waals surface area contributed by atoms with E-state index in [9.17, 15) is 0 Å². The molecule has 0 saturated carbocycles. The Morgan fingerprint density at radius 1 is 1.00 bits per heavy atom. The summed E-state index contributed by atoms with van der Waals surface area (Å²) in [5, 5.41) is 5.93. The van der Waals surface area contributed by atoms with Crippen molar-refractivity contribution in [3.63, 3.8) is 0 Å². The van der Waals surface area contributed by atoms with E-state index in [1.165, 1.54) is 5.56 Å². The number of nitrogens with one attached hydrogen (secondary N) is 1. The van der Waals surface area contributed by atoms with E-state index < -0.39 is 0 Å². The number of hydrogen-bond donors (Lipinski definition) is 1. The Balaban J connectivity index is 1.43. The van der Waals surface area contributed by atoms with Crippen LogP contribution in [0.15, 0.2) is 53.5 Å². The van der Waals surface area contributed by atoms with Gasteiger partial charge in [0.15, 0.2) is 0 Å². The van der Waals surface area contributed by atoms with Gasteiger partial charge in [-0.25, -0.2) is 10.1 Å². The molecule has 0 spiro atoms. The first-order valence-corrected chi connectivity index (χ1v) is 9.28. The molecule has 1 N–H and O–H groups in total. The molecule has 1 fully saturated rings. The topological polar surface area (TPSA) is 46.1 Å². The minimum absolute atomic E-state index is 0.507. The number of benzene rings is 2. The van der Waals surface area contributed by atoms with Crippen LogP contribution in [0.4, 0.5) is 5.69 Å². The second kappa shape index (κ2) is 9.78. The van der Waals surface area contributed by atoms with Gasteiger partial charge >= 0.3 is 0 Å². The summed E-state index contributed by atoms with van der Waals surface area (Å²) in [4.78, 5) is 10.3. The lowest BCUT2D eigenvalue weighted by molar-refractivity contribution is -0.0959. The van der Waals surface area contributed by atoms with Crippen LogP contribution in [0.25, 0.3) is 0 Å². The zero-order valence-corrected chi connectivity index (χ0v) is 15.8. The van der Waals surface area contributed by atoms with Crippen LogP contribution in [0.1, 0.15) is 12.0 Å². The van der Waals surface area contributed by atoms with E-state index in [4.69, 9.17) is 32.8 Å². The number of ether oxygens (including phenoxy) is 1. The molecule has 138 valence electrons. The van der Waals surface area contributed by atoms with Crippen LogP contribution in [0, 0.1) is 0 Å². The molecule has 5 nitrogen and oxygen atoms in total. The maximum atomic E-state index is 6.17. The largest absolute Gasteiger partial charge is 0.377 e. The molecule has 0 radical (unpaired) electrons. The molecule has 0 unspecified atom stereocenters. The van der Waals surface area contributed by atoms with Crippen molar-refractivity contribution in [2.75, 3.05) is 26.3 Å². The highest BCUT2D eigenvalue weighted by molar-refractivity contribution is 6.38. The van der Waals surface area contributed by atoms with Gasteiger partial charge in [0.25, 0.3) is 0 Å². The van der Waals surface area contributed by atoms with Crippen LogP contribution in [0.3, 0.4) is 0 Å². The van der Waals surface area contributed by atoms with Crippen LogP contribution in [-0.4, -0.2) is 37.3 Å². The lowest BCUT2D eigenvalue weighted by Crippen LogP contribution is -2.30. The van der Waals surface area contributed by atoms with Crippen molar-refractivity contribution in [2.45, 2.75) is 13.0 Å². The number of aliphatic imine (C=N–C) groups is 1. The lowest BCUT2D eigenvalue weighted by atomic mass is 10.2. The van der Waals surface area contributed by atoms with Crippen molar-refractivity contribution in [1.29, 1.82) is 0 Å². The average Bonchev–Trinajstić information content (AvgIpc) is 3.09. The zero-order valence-electron chi connectivity index (χ0n) is 14.3. The smallest absolute Gasteiger partial charge is 0.223 e. The molecular weight excluding hydrogens is 373 g/mol. The van der Waals surface area contributed by atoms with E-state index in [0.29, 0.717) is 48.1 Å². The molecule has 0 aliphatic carbocycles. The van der Waals surface area contributed by atoms with E-state index in [1.807, 2.05) is 18.2 Å². The minimum atomic E-state index is 0.507. The van der Waals surface area contributed by atoms with Crippen molar-refractivity contribution >= 4 is 34.8 Å². The third-order valence-corrected chi connectivity index (χ3v) is 4.39. The van der Waals surface area contributed by atoms with Gasteiger partial charge in [-0.2, -0.15) is 0 Å². The van der Waals surface area contributed by atoms with E-state index in [0.717, 1.165) is 13.0 Å². The number of guanidine groups is 1. The fraction of sp³-hybridized carbons (Fsp3) is 0.316. The molecule has 2 aromatic carbocycles. The number of para-hydroxylation sites is 1. The Labute approximate surface area is 163 Å². The molecule has 0 amide bonds. The van der Waals surface area contributed by atoms with E-state index in [-0.39, 0.29) is 0 Å². The van der Waals surface area contributed by atoms with Gasteiger partial charge in [0, 0.05) is 13.2 Å². The van der Waals surface area contributed by atoms with E-state index in [2.05, 4.69) is 22.4 Å². The van der Waals surface area contributed by atoms with Crippen molar-refractivity contribution in [3.05, 3.63) is 64.1 Å². The second-order valence-electron chi connectivity index (χ2n) is 5.76. The zero-order chi connectivity index (χ0) is 18.2. The first kappa shape index (κ1) is 19.0. The molecule has 2 aromatic rings. The molecule has 3 rings (SSSR count). The Morgan fingerprint density at radius 3 is 2.54 bits per heavy atom. The van der Waals surface area contributed by atoms with Crippen LogP contribution in [0.2, 0.25) is 10.0 Å². The first-order chi connectivity index (χ1) is 12.7. The molecule has 1 saturated heterocycles. The van der Waals surface area contributed by atoms with Crippen LogP contribution in [0.5, 0.6) is 0 Å². The van der Waals surface area contributed by atoms with Crippen LogP contribution in [-0.2, 0) is 16.2 Å². The summed E-state index contributed by atoms with van der Waals surface area (Å²) in [6, 6.07) is 15.4. The Hall–Kier alpha value is -1.79. The monoisotopic (exact) mass is 393 g/mol. The van der Waals surface area contributed by atoms with Gasteiger partial charge < -0.3 is 10.1 Å². The molecule has 7 heteroatoms. The van der Waals surface area contributed by atoms with Crippen molar-refractivity contribution in [2.24, 2.45) is 4.99 Å². The Bertz CT molecular complexity index is 721. The number of nitrogens with zero attached hydrogens (tertiary/aromatic N) is 2. The number of halogens is 2. The molecule has 1 heterocycles. The summed E-state index contributed by atoms with van der Waals surface area (Å²) in [6.07, 6.45) is 0.795. The quantitative estimate of drug-likeness (QED) is 0.674. The summed E-state index contributed by atoms with van der Waals surface area (Å²) in [5.41, 5.74) is 1.71. The standard InChI is InChI=1S/C19H21Cl2N3O2/c20-16-8-4-9-17(21)18(16)23-19-22-10-11-24(19)26-13-5-12-25-14-15-6-2-1-3-7-15/h1-4,6-9H,5,10-14H2,(H,22,23). The molecule has 1 aliphatic heterocycles. The molecule has 0 aromatic heterocycles. The third kappa shape index (κ3) is 5.35. The van der Waals surface area contributed by atoms with Gasteiger partial charge in [-0.05, 0) is 24.1 Å². The number of hydrogen-bond acceptors (Lipinski definition) is 3. The lowest BCUT2D eigenvalue weighted by Gasteiger charge is -2.17. The Morgan fingerprint density at radius 2 is 1.77 bits per heavy atom. The molecule has 0 bridgehead atoms. The normalized spacial score (nSPS) is 15.5. The van der Waals surface area contributed by atoms with Gasteiger partial charge in [0.1, 0.15) is 5.69 Å². The van der Waals surface area contributed by atoms with Gasteiger partial charge in [-0.3, -0.25) is 4.84 Å². The Kier molecular flexibility index (Phi) is 7.14. The molecule has 0 atom stereocenters. The number of rotatable bonds is 8. The van der Waals surface area contributed by atoms with Gasteiger partial charge in [0.05, 0.1) is 29.8 Å². The molecular formula is C19H21Cl2N3O2. The van der Waals surface area contributed by atoms with Crippen LogP contribution >= 0.6 is 23.2 Å². The third-order valence-electron chi connectivity index (χ3n) is 3.78. The minimum Gasteiger partial charge on any atom is -0.377 e. The van der Waals surface area contributed by atoms with Crippen molar-refractivity contribution in [3.8, 4) is 0 Å². The number of hydroxylamine groups is 2. The second-order valence-corrected chi connectivity index (χ2v) is 6.57.